The fourth-order valence-electron chi connectivity index (χ4n) is 1.11. The first-order valence-electron chi connectivity index (χ1n) is 5.51. The van der Waals surface area contributed by atoms with E-state index in [2.05, 4.69) is 28.8 Å². The molecule has 0 aliphatic heterocycles. The highest BCUT2D eigenvalue weighted by molar-refractivity contribution is 7.99. The van der Waals surface area contributed by atoms with Gasteiger partial charge in [-0.15, -0.1) is 0 Å². The van der Waals surface area contributed by atoms with Crippen molar-refractivity contribution >= 4 is 11.8 Å². The van der Waals surface area contributed by atoms with Gasteiger partial charge in [-0.3, -0.25) is 0 Å². The maximum Gasteiger partial charge on any atom is 0.187 e. The molecule has 1 N–H and O–H groups in total. The van der Waals surface area contributed by atoms with E-state index in [0.717, 1.165) is 36.0 Å². The first kappa shape index (κ1) is 13.2. The van der Waals surface area contributed by atoms with Gasteiger partial charge in [0.1, 0.15) is 0 Å². The van der Waals surface area contributed by atoms with E-state index < -0.39 is 0 Å². The summed E-state index contributed by atoms with van der Waals surface area (Å²) in [6.45, 7) is 10.1. The third-order valence-corrected chi connectivity index (χ3v) is 2.99. The van der Waals surface area contributed by atoms with Crippen LogP contribution in [0.3, 0.4) is 0 Å². The molecule has 0 unspecified atom stereocenters. The molecule has 0 radical (unpaired) electrons. The standard InChI is InChI=1S/C12H19N3S/c1-4-5-13-6-11(3)9-16-12-14-7-10(2)8-15-12/h7-8,13H,3-6,9H2,1-2H3. The predicted molar refractivity (Wildman–Crippen MR) is 69.8 cm³/mol. The number of nitrogens with one attached hydrogen (secondary N) is 1. The van der Waals surface area contributed by atoms with Crippen LogP contribution in [0.4, 0.5) is 0 Å². The summed E-state index contributed by atoms with van der Waals surface area (Å²) < 4.78 is 0. The summed E-state index contributed by atoms with van der Waals surface area (Å²) in [5.74, 6) is 0.875. The van der Waals surface area contributed by atoms with Gasteiger partial charge in [-0.2, -0.15) is 0 Å². The van der Waals surface area contributed by atoms with Crippen molar-refractivity contribution in [2.24, 2.45) is 0 Å². The van der Waals surface area contributed by atoms with Crippen molar-refractivity contribution in [1.29, 1.82) is 0 Å². The summed E-state index contributed by atoms with van der Waals surface area (Å²) in [7, 11) is 0. The first-order chi connectivity index (χ1) is 7.72. The van der Waals surface area contributed by atoms with Gasteiger partial charge >= 0.3 is 0 Å². The number of aromatic nitrogens is 2. The lowest BCUT2D eigenvalue weighted by atomic mass is 10.3. The minimum atomic E-state index is 0.822. The summed E-state index contributed by atoms with van der Waals surface area (Å²) in [6.07, 6.45) is 4.84. The van der Waals surface area contributed by atoms with Crippen LogP contribution in [0.5, 0.6) is 0 Å². The Kier molecular flexibility index (Phi) is 6.11. The topological polar surface area (TPSA) is 37.8 Å². The third-order valence-electron chi connectivity index (χ3n) is 1.96. The second-order valence-corrected chi connectivity index (χ2v) is 4.70. The molecule has 0 amide bonds. The fraction of sp³-hybridized carbons (Fsp3) is 0.500. The minimum Gasteiger partial charge on any atom is -0.313 e. The van der Waals surface area contributed by atoms with Crippen LogP contribution in [-0.4, -0.2) is 28.8 Å². The molecule has 16 heavy (non-hydrogen) atoms. The van der Waals surface area contributed by atoms with E-state index in [1.54, 1.807) is 11.8 Å². The van der Waals surface area contributed by atoms with Crippen LogP contribution in [0.15, 0.2) is 29.7 Å². The highest BCUT2D eigenvalue weighted by Crippen LogP contribution is 2.14. The van der Waals surface area contributed by atoms with E-state index in [-0.39, 0.29) is 0 Å². The molecule has 1 rings (SSSR count). The highest BCUT2D eigenvalue weighted by atomic mass is 32.2. The molecule has 0 aliphatic carbocycles. The smallest absolute Gasteiger partial charge is 0.187 e. The number of thioether (sulfide) groups is 1. The Bertz CT molecular complexity index is 322. The third kappa shape index (κ3) is 5.28. The normalized spacial score (nSPS) is 10.4. The largest absolute Gasteiger partial charge is 0.313 e. The number of aryl methyl sites for hydroxylation is 1. The number of nitrogens with zero attached hydrogens (tertiary/aromatic N) is 2. The molecule has 0 saturated carbocycles. The van der Waals surface area contributed by atoms with Crippen molar-refractivity contribution in [3.05, 3.63) is 30.1 Å². The Morgan fingerprint density at radius 3 is 2.75 bits per heavy atom. The Morgan fingerprint density at radius 2 is 2.12 bits per heavy atom. The number of hydrogen-bond donors (Lipinski definition) is 1. The molecule has 0 spiro atoms. The van der Waals surface area contributed by atoms with E-state index in [4.69, 9.17) is 0 Å². The monoisotopic (exact) mass is 237 g/mol. The van der Waals surface area contributed by atoms with Crippen LogP contribution in [-0.2, 0) is 0 Å². The molecule has 3 nitrogen and oxygen atoms in total. The molecule has 1 aromatic heterocycles. The van der Waals surface area contributed by atoms with Gasteiger partial charge in [-0.25, -0.2) is 9.97 Å². The second kappa shape index (κ2) is 7.41. The molecule has 4 heteroatoms. The van der Waals surface area contributed by atoms with Gasteiger partial charge in [0.05, 0.1) is 0 Å². The fourth-order valence-corrected chi connectivity index (χ4v) is 1.80. The number of hydrogen-bond acceptors (Lipinski definition) is 4. The molecule has 88 valence electrons. The SMILES string of the molecule is C=C(CNCCC)CSc1ncc(C)cn1. The van der Waals surface area contributed by atoms with Crippen molar-refractivity contribution in [2.75, 3.05) is 18.8 Å². The van der Waals surface area contributed by atoms with Crippen molar-refractivity contribution in [2.45, 2.75) is 25.4 Å². The molecular weight excluding hydrogens is 218 g/mol. The van der Waals surface area contributed by atoms with E-state index in [1.165, 1.54) is 5.57 Å². The quantitative estimate of drug-likeness (QED) is 0.342. The maximum absolute atomic E-state index is 4.24. The maximum atomic E-state index is 4.24. The molecule has 0 bridgehead atoms. The van der Waals surface area contributed by atoms with Crippen LogP contribution in [0.1, 0.15) is 18.9 Å². The van der Waals surface area contributed by atoms with Crippen LogP contribution < -0.4 is 5.32 Å². The average Bonchev–Trinajstić information content (AvgIpc) is 2.29. The Hall–Kier alpha value is -0.870. The van der Waals surface area contributed by atoms with Gasteiger partial charge < -0.3 is 5.32 Å². The van der Waals surface area contributed by atoms with Gasteiger partial charge in [0.2, 0.25) is 0 Å². The van der Waals surface area contributed by atoms with E-state index in [0.29, 0.717) is 0 Å². The van der Waals surface area contributed by atoms with Crippen molar-refractivity contribution in [3.8, 4) is 0 Å². The lowest BCUT2D eigenvalue weighted by molar-refractivity contribution is 0.715. The van der Waals surface area contributed by atoms with Crippen molar-refractivity contribution in [3.63, 3.8) is 0 Å². The second-order valence-electron chi connectivity index (χ2n) is 3.76. The predicted octanol–water partition coefficient (Wildman–Crippen LogP) is 2.43. The Balaban J connectivity index is 2.23. The Morgan fingerprint density at radius 1 is 1.44 bits per heavy atom. The molecule has 0 aliphatic rings. The van der Waals surface area contributed by atoms with E-state index in [1.807, 2.05) is 19.3 Å². The zero-order valence-electron chi connectivity index (χ0n) is 9.99. The number of rotatable bonds is 7. The molecular formula is C12H19N3S. The van der Waals surface area contributed by atoms with Gasteiger partial charge in [0, 0.05) is 24.7 Å². The lowest BCUT2D eigenvalue weighted by Crippen LogP contribution is -2.18. The molecule has 1 heterocycles. The average molecular weight is 237 g/mol. The zero-order valence-corrected chi connectivity index (χ0v) is 10.8. The molecule has 0 aromatic carbocycles. The van der Waals surface area contributed by atoms with Gasteiger partial charge in [-0.05, 0) is 25.5 Å². The Labute approximate surface area is 102 Å². The summed E-state index contributed by atoms with van der Waals surface area (Å²) in [4.78, 5) is 8.47. The molecule has 0 atom stereocenters. The summed E-state index contributed by atoms with van der Waals surface area (Å²) >= 11 is 1.63. The zero-order chi connectivity index (χ0) is 11.8. The van der Waals surface area contributed by atoms with Crippen molar-refractivity contribution < 1.29 is 0 Å². The van der Waals surface area contributed by atoms with Crippen LogP contribution in [0.2, 0.25) is 0 Å². The van der Waals surface area contributed by atoms with Gasteiger partial charge in [0.25, 0.3) is 0 Å². The first-order valence-corrected chi connectivity index (χ1v) is 6.49. The van der Waals surface area contributed by atoms with E-state index >= 15 is 0 Å². The van der Waals surface area contributed by atoms with Gasteiger partial charge in [0.15, 0.2) is 5.16 Å². The van der Waals surface area contributed by atoms with Crippen molar-refractivity contribution in [1.82, 2.24) is 15.3 Å². The lowest BCUT2D eigenvalue weighted by Gasteiger charge is -2.05. The molecule has 0 saturated heterocycles. The summed E-state index contributed by atoms with van der Waals surface area (Å²) in [5, 5.41) is 4.15. The van der Waals surface area contributed by atoms with E-state index in [9.17, 15) is 0 Å². The van der Waals surface area contributed by atoms with Crippen LogP contribution in [0, 0.1) is 6.92 Å². The summed E-state index contributed by atoms with van der Waals surface area (Å²) in [6, 6.07) is 0. The van der Waals surface area contributed by atoms with Crippen LogP contribution in [0.25, 0.3) is 0 Å². The summed E-state index contributed by atoms with van der Waals surface area (Å²) in [5.41, 5.74) is 2.27. The highest BCUT2D eigenvalue weighted by Gasteiger charge is 1.99. The minimum absolute atomic E-state index is 0.822. The molecule has 1 aromatic rings. The van der Waals surface area contributed by atoms with Gasteiger partial charge in [-0.1, -0.05) is 30.8 Å². The molecule has 0 fully saturated rings. The van der Waals surface area contributed by atoms with Crippen LogP contribution >= 0.6 is 11.8 Å².